The van der Waals surface area contributed by atoms with Gasteiger partial charge in [-0.15, -0.1) is 0 Å². The normalized spacial score (nSPS) is 20.9. The van der Waals surface area contributed by atoms with Crippen molar-refractivity contribution >= 4 is 40.6 Å². The van der Waals surface area contributed by atoms with Gasteiger partial charge in [0.05, 0.1) is 55.4 Å². The van der Waals surface area contributed by atoms with Crippen molar-refractivity contribution in [3.8, 4) is 28.3 Å². The number of hydrogen-bond acceptors (Lipinski definition) is 9. The van der Waals surface area contributed by atoms with Gasteiger partial charge in [0.1, 0.15) is 24.5 Å². The van der Waals surface area contributed by atoms with Gasteiger partial charge >= 0.3 is 12.2 Å². The summed E-state index contributed by atoms with van der Waals surface area (Å²) in [5, 5.41) is 6.53. The summed E-state index contributed by atoms with van der Waals surface area (Å²) in [6.07, 6.45) is 7.83. The van der Waals surface area contributed by atoms with E-state index in [1.807, 2.05) is 43.7 Å². The molecule has 5 unspecified atom stereocenters. The monoisotopic (exact) mass is 848 g/mol. The average molecular weight is 849 g/mol. The topological polar surface area (TPSA) is 172 Å². The average Bonchev–Trinajstić information content (AvgIpc) is 4.09. The van der Waals surface area contributed by atoms with Crippen LogP contribution in [0, 0.1) is 11.8 Å². The standard InChI is InChI=1S/C47H60N8O7/c1-26(2)39(51-46(58)60-6)44(56)54-20-10-14-37(54)34-13-9-8-12-33(49-34)29-17-19-36-32(23-29)42-41(53(36)5)31-18-16-28(22-30(31)25-62-42)35-24-48-43(50-35)38-15-11-21-55(38)45(57)40(27(3)4)52-47(59)61-7/h16-19,22-24,26-27,34,37-40H,8-15,20-21,25H2,1-7H3,(H,48,50)(H,51,58)(H,52,59). The minimum absolute atomic E-state index is 0.0245. The minimum Gasteiger partial charge on any atom is -0.486 e. The van der Waals surface area contributed by atoms with Crippen molar-refractivity contribution in [3.05, 3.63) is 59.5 Å². The van der Waals surface area contributed by atoms with Gasteiger partial charge in [0, 0.05) is 36.8 Å². The zero-order chi connectivity index (χ0) is 43.8. The summed E-state index contributed by atoms with van der Waals surface area (Å²) in [6.45, 7) is 9.35. The third-order valence-corrected chi connectivity index (χ3v) is 13.3. The van der Waals surface area contributed by atoms with Crippen molar-refractivity contribution in [2.45, 2.75) is 116 Å². The quantitative estimate of drug-likeness (QED) is 0.150. The second-order valence-electron chi connectivity index (χ2n) is 17.8. The Bertz CT molecular complexity index is 2380. The fourth-order valence-electron chi connectivity index (χ4n) is 9.96. The summed E-state index contributed by atoms with van der Waals surface area (Å²) in [7, 11) is 4.69. The fourth-order valence-corrected chi connectivity index (χ4v) is 9.96. The molecule has 0 spiro atoms. The van der Waals surface area contributed by atoms with E-state index >= 15 is 0 Å². The lowest BCUT2D eigenvalue weighted by Gasteiger charge is -2.33. The van der Waals surface area contributed by atoms with Crippen LogP contribution in [0.5, 0.6) is 5.75 Å². The van der Waals surface area contributed by atoms with Gasteiger partial charge in [-0.05, 0) is 91.7 Å². The highest BCUT2D eigenvalue weighted by Gasteiger charge is 2.40. The van der Waals surface area contributed by atoms with E-state index in [1.54, 1.807) is 0 Å². The van der Waals surface area contributed by atoms with Crippen molar-refractivity contribution in [1.29, 1.82) is 0 Å². The van der Waals surface area contributed by atoms with Crippen LogP contribution in [-0.2, 0) is 32.7 Å². The molecule has 2 aromatic carbocycles. The molecular formula is C47H60N8O7. The van der Waals surface area contributed by atoms with Crippen molar-refractivity contribution in [3.63, 3.8) is 0 Å². The van der Waals surface area contributed by atoms with E-state index < -0.39 is 24.3 Å². The summed E-state index contributed by atoms with van der Waals surface area (Å²) >= 11 is 0. The van der Waals surface area contributed by atoms with E-state index in [1.165, 1.54) is 14.2 Å². The van der Waals surface area contributed by atoms with Crippen LogP contribution in [-0.4, -0.2) is 106 Å². The lowest BCUT2D eigenvalue weighted by molar-refractivity contribution is -0.136. The highest BCUT2D eigenvalue weighted by molar-refractivity contribution is 6.06. The van der Waals surface area contributed by atoms with Gasteiger partial charge in [-0.2, -0.15) is 0 Å². The van der Waals surface area contributed by atoms with Crippen LogP contribution in [0.2, 0.25) is 0 Å². The molecule has 4 aliphatic rings. The number of H-pyrrole nitrogens is 1. The van der Waals surface area contributed by atoms with Crippen molar-refractivity contribution < 1.29 is 33.4 Å². The number of nitrogens with zero attached hydrogens (tertiary/aromatic N) is 5. The summed E-state index contributed by atoms with van der Waals surface area (Å²) < 4.78 is 18.5. The Morgan fingerprint density at radius 1 is 0.823 bits per heavy atom. The maximum Gasteiger partial charge on any atom is 0.407 e. The molecule has 0 bridgehead atoms. The van der Waals surface area contributed by atoms with E-state index in [4.69, 9.17) is 24.2 Å². The van der Waals surface area contributed by atoms with Crippen molar-refractivity contribution in [2.75, 3.05) is 27.3 Å². The molecule has 2 saturated heterocycles. The second-order valence-corrected chi connectivity index (χ2v) is 17.8. The van der Waals surface area contributed by atoms with Gasteiger partial charge in [0.25, 0.3) is 0 Å². The Labute approximate surface area is 363 Å². The van der Waals surface area contributed by atoms with Crippen LogP contribution < -0.4 is 15.4 Å². The molecule has 0 radical (unpaired) electrons. The third kappa shape index (κ3) is 8.13. The number of fused-ring (bicyclic) bond motifs is 5. The molecule has 4 amide bonds. The molecule has 0 saturated carbocycles. The predicted molar refractivity (Wildman–Crippen MR) is 236 cm³/mol. The number of carbonyl (C=O) groups excluding carboxylic acids is 4. The van der Waals surface area contributed by atoms with Gasteiger partial charge < -0.3 is 44.2 Å². The molecule has 2 fully saturated rings. The molecule has 15 nitrogen and oxygen atoms in total. The summed E-state index contributed by atoms with van der Waals surface area (Å²) in [4.78, 5) is 69.3. The Hall–Kier alpha value is -5.86. The number of aliphatic imine (C=N–C) groups is 1. The summed E-state index contributed by atoms with van der Waals surface area (Å²) in [5.74, 6) is 1.17. The summed E-state index contributed by atoms with van der Waals surface area (Å²) in [5.41, 5.74) is 8.23. The number of amides is 4. The lowest BCUT2D eigenvalue weighted by Crippen LogP contribution is -2.54. The smallest absolute Gasteiger partial charge is 0.407 e. The first-order chi connectivity index (χ1) is 29.9. The number of likely N-dealkylation sites (tertiary alicyclic amines) is 2. The molecule has 3 N–H and O–H groups in total. The van der Waals surface area contributed by atoms with Gasteiger partial charge in [0.15, 0.2) is 5.75 Å². The number of aromatic amines is 1. The molecule has 15 heteroatoms. The second kappa shape index (κ2) is 17.9. The Morgan fingerprint density at radius 3 is 2.21 bits per heavy atom. The number of aryl methyl sites for hydroxylation is 1. The van der Waals surface area contributed by atoms with Gasteiger partial charge in [0.2, 0.25) is 11.8 Å². The first-order valence-electron chi connectivity index (χ1n) is 22.2. The van der Waals surface area contributed by atoms with Gasteiger partial charge in [-0.25, -0.2) is 14.6 Å². The van der Waals surface area contributed by atoms with E-state index in [9.17, 15) is 19.2 Å². The van der Waals surface area contributed by atoms with Crippen LogP contribution in [0.25, 0.3) is 33.4 Å². The number of methoxy groups -OCH3 is 2. The van der Waals surface area contributed by atoms with Crippen LogP contribution in [0.3, 0.4) is 0 Å². The van der Waals surface area contributed by atoms with E-state index in [2.05, 4.69) is 63.6 Å². The fraction of sp³-hybridized carbons (Fsp3) is 0.532. The number of benzene rings is 2. The van der Waals surface area contributed by atoms with Crippen LogP contribution in [0.1, 0.15) is 102 Å². The zero-order valence-corrected chi connectivity index (χ0v) is 37.0. The highest BCUT2D eigenvalue weighted by Crippen LogP contribution is 2.46. The number of ether oxygens (including phenoxy) is 3. The van der Waals surface area contributed by atoms with E-state index in [0.717, 1.165) is 113 Å². The minimum atomic E-state index is -0.698. The first kappa shape index (κ1) is 42.8. The van der Waals surface area contributed by atoms with Crippen LogP contribution >= 0.6 is 0 Å². The summed E-state index contributed by atoms with van der Waals surface area (Å²) in [6, 6.07) is 11.3. The number of imidazole rings is 1. The highest BCUT2D eigenvalue weighted by atomic mass is 16.5. The number of carbonyl (C=O) groups is 4. The molecule has 4 aliphatic heterocycles. The Kier molecular flexibility index (Phi) is 12.3. The number of alkyl carbamates (subject to hydrolysis) is 2. The Balaban J connectivity index is 1.03. The molecule has 5 atom stereocenters. The van der Waals surface area contributed by atoms with Crippen LogP contribution in [0.15, 0.2) is 47.6 Å². The lowest BCUT2D eigenvalue weighted by atomic mass is 9.97. The Morgan fingerprint density at radius 2 is 1.50 bits per heavy atom. The molecule has 8 rings (SSSR count). The largest absolute Gasteiger partial charge is 0.486 e. The molecule has 4 aromatic rings. The van der Waals surface area contributed by atoms with E-state index in [-0.39, 0.29) is 41.8 Å². The van der Waals surface area contributed by atoms with Gasteiger partial charge in [-0.1, -0.05) is 52.3 Å². The molecule has 6 heterocycles. The van der Waals surface area contributed by atoms with Crippen molar-refractivity contribution in [1.82, 2.24) is 35.0 Å². The first-order valence-corrected chi connectivity index (χ1v) is 22.2. The predicted octanol–water partition coefficient (Wildman–Crippen LogP) is 7.28. The maximum absolute atomic E-state index is 13.9. The number of rotatable bonds is 10. The molecule has 2 aromatic heterocycles. The van der Waals surface area contributed by atoms with Crippen LogP contribution in [0.4, 0.5) is 9.59 Å². The molecule has 0 aliphatic carbocycles. The zero-order valence-electron chi connectivity index (χ0n) is 37.0. The maximum atomic E-state index is 13.9. The molecule has 330 valence electrons. The SMILES string of the molecule is COC(=O)NC(C(=O)N1CCCC1c1ncc(-c2ccc3c(c2)COc2c-3n(C)c3ccc(C4=NC(C5CCCN5C(=O)C(NC(=O)OC)C(C)C)CCCC4)cc23)[nH]1)C(C)C. The number of nitrogens with one attached hydrogen (secondary N) is 3. The molecular weight excluding hydrogens is 789 g/mol. The van der Waals surface area contributed by atoms with Gasteiger partial charge in [-0.3, -0.25) is 14.6 Å². The van der Waals surface area contributed by atoms with E-state index in [0.29, 0.717) is 19.7 Å². The van der Waals surface area contributed by atoms with Crippen molar-refractivity contribution in [2.24, 2.45) is 23.9 Å². The number of aromatic nitrogens is 3. The molecule has 62 heavy (non-hydrogen) atoms. The number of hydrogen-bond donors (Lipinski definition) is 3. The third-order valence-electron chi connectivity index (χ3n) is 13.3.